The van der Waals surface area contributed by atoms with Crippen molar-refractivity contribution in [1.29, 1.82) is 0 Å². The molecular formula is C14H24FNO. The van der Waals surface area contributed by atoms with Crippen LogP contribution in [0, 0.1) is 5.82 Å². The van der Waals surface area contributed by atoms with Gasteiger partial charge < -0.3 is 5.32 Å². The summed E-state index contributed by atoms with van der Waals surface area (Å²) in [5.41, 5.74) is 0.107. The van der Waals surface area contributed by atoms with Crippen LogP contribution in [0.15, 0.2) is 24.3 Å². The molecule has 0 fully saturated rings. The predicted molar refractivity (Wildman–Crippen MR) is 71.7 cm³/mol. The normalized spacial score (nSPS) is 8.12. The minimum atomic E-state index is -0.476. The fraction of sp³-hybridized carbons (Fsp3) is 0.500. The van der Waals surface area contributed by atoms with Gasteiger partial charge in [0.1, 0.15) is 5.82 Å². The molecule has 17 heavy (non-hydrogen) atoms. The van der Waals surface area contributed by atoms with Crippen LogP contribution in [0.5, 0.6) is 0 Å². The molecule has 0 radical (unpaired) electrons. The second kappa shape index (κ2) is 12.7. The summed E-state index contributed by atoms with van der Waals surface area (Å²) in [5.74, 6) is -0.823. The first-order valence-electron chi connectivity index (χ1n) is 6.28. The molecule has 2 nitrogen and oxygen atoms in total. The Hall–Kier alpha value is -1.38. The van der Waals surface area contributed by atoms with Gasteiger partial charge in [-0.1, -0.05) is 46.8 Å². The summed E-state index contributed by atoms with van der Waals surface area (Å²) in [4.78, 5) is 11.3. The number of benzene rings is 1. The first kappa shape index (κ1) is 18.0. The van der Waals surface area contributed by atoms with Gasteiger partial charge in [0.05, 0.1) is 5.56 Å². The van der Waals surface area contributed by atoms with Crippen molar-refractivity contribution in [3.05, 3.63) is 35.6 Å². The third kappa shape index (κ3) is 7.50. The molecule has 1 aromatic carbocycles. The van der Waals surface area contributed by atoms with Crippen LogP contribution in [-0.2, 0) is 0 Å². The number of carbonyl (C=O) groups excluding carboxylic acids is 1. The zero-order chi connectivity index (χ0) is 13.7. The molecule has 0 saturated heterocycles. The summed E-state index contributed by atoms with van der Waals surface area (Å²) in [6.45, 7) is 10.5. The van der Waals surface area contributed by atoms with E-state index in [2.05, 4.69) is 5.32 Å². The molecule has 0 spiro atoms. The van der Waals surface area contributed by atoms with Gasteiger partial charge in [0.15, 0.2) is 0 Å². The van der Waals surface area contributed by atoms with Crippen LogP contribution >= 0.6 is 0 Å². The number of hydrogen-bond donors (Lipinski definition) is 1. The maximum absolute atomic E-state index is 13.0. The van der Waals surface area contributed by atoms with E-state index in [0.29, 0.717) is 6.54 Å². The summed E-state index contributed by atoms with van der Waals surface area (Å²) in [5, 5.41) is 2.61. The predicted octanol–water partition coefficient (Wildman–Crippen LogP) is 4.02. The SMILES string of the molecule is CC.CC.CCCNC(=O)c1ccccc1F. The molecule has 0 unspecified atom stereocenters. The third-order valence-corrected chi connectivity index (χ3v) is 1.65. The molecule has 0 aliphatic heterocycles. The zero-order valence-electron chi connectivity index (χ0n) is 11.5. The van der Waals surface area contributed by atoms with E-state index in [4.69, 9.17) is 0 Å². The van der Waals surface area contributed by atoms with Crippen LogP contribution in [0.2, 0.25) is 0 Å². The third-order valence-electron chi connectivity index (χ3n) is 1.65. The lowest BCUT2D eigenvalue weighted by Gasteiger charge is -2.03. The Morgan fingerprint density at radius 1 is 1.18 bits per heavy atom. The highest BCUT2D eigenvalue weighted by Gasteiger charge is 2.08. The van der Waals surface area contributed by atoms with Crippen LogP contribution < -0.4 is 5.32 Å². The smallest absolute Gasteiger partial charge is 0.254 e. The summed E-state index contributed by atoms with van der Waals surface area (Å²) in [7, 11) is 0. The van der Waals surface area contributed by atoms with E-state index in [1.54, 1.807) is 12.1 Å². The quantitative estimate of drug-likeness (QED) is 0.851. The highest BCUT2D eigenvalue weighted by atomic mass is 19.1. The Balaban J connectivity index is 0. The molecule has 0 heterocycles. The monoisotopic (exact) mass is 241 g/mol. The minimum Gasteiger partial charge on any atom is -0.352 e. The largest absolute Gasteiger partial charge is 0.352 e. The summed E-state index contributed by atoms with van der Waals surface area (Å²) < 4.78 is 13.0. The second-order valence-corrected chi connectivity index (χ2v) is 2.74. The van der Waals surface area contributed by atoms with E-state index in [9.17, 15) is 9.18 Å². The van der Waals surface area contributed by atoms with Gasteiger partial charge in [-0.3, -0.25) is 4.79 Å². The van der Waals surface area contributed by atoms with Crippen molar-refractivity contribution in [3.8, 4) is 0 Å². The van der Waals surface area contributed by atoms with E-state index < -0.39 is 5.82 Å². The lowest BCUT2D eigenvalue weighted by atomic mass is 10.2. The van der Waals surface area contributed by atoms with Gasteiger partial charge in [0.2, 0.25) is 0 Å². The standard InChI is InChI=1S/C10H12FNO.2C2H6/c1-2-7-12-10(13)8-5-3-4-6-9(8)11;2*1-2/h3-6H,2,7H2,1H3,(H,12,13);2*1-2H3. The molecule has 0 bridgehead atoms. The molecular weight excluding hydrogens is 217 g/mol. The topological polar surface area (TPSA) is 29.1 Å². The lowest BCUT2D eigenvalue weighted by molar-refractivity contribution is 0.0949. The van der Waals surface area contributed by atoms with E-state index >= 15 is 0 Å². The van der Waals surface area contributed by atoms with E-state index in [1.807, 2.05) is 34.6 Å². The lowest BCUT2D eigenvalue weighted by Crippen LogP contribution is -2.24. The molecule has 0 aliphatic rings. The summed E-state index contributed by atoms with van der Waals surface area (Å²) in [6, 6.07) is 5.96. The van der Waals surface area contributed by atoms with Crippen molar-refractivity contribution in [1.82, 2.24) is 5.32 Å². The highest BCUT2D eigenvalue weighted by Crippen LogP contribution is 2.05. The van der Waals surface area contributed by atoms with Gasteiger partial charge >= 0.3 is 0 Å². The average molecular weight is 241 g/mol. The summed E-state index contributed by atoms with van der Waals surface area (Å²) >= 11 is 0. The van der Waals surface area contributed by atoms with Crippen LogP contribution in [0.25, 0.3) is 0 Å². The Morgan fingerprint density at radius 3 is 2.18 bits per heavy atom. The molecule has 1 amide bonds. The zero-order valence-corrected chi connectivity index (χ0v) is 11.5. The minimum absolute atomic E-state index is 0.107. The summed E-state index contributed by atoms with van der Waals surface area (Å²) in [6.07, 6.45) is 0.847. The Kier molecular flexibility index (Phi) is 13.4. The molecule has 1 N–H and O–H groups in total. The number of carbonyl (C=O) groups is 1. The van der Waals surface area contributed by atoms with Crippen LogP contribution in [0.1, 0.15) is 51.4 Å². The maximum atomic E-state index is 13.0. The molecule has 1 aromatic rings. The maximum Gasteiger partial charge on any atom is 0.254 e. The number of nitrogens with one attached hydrogen (secondary N) is 1. The van der Waals surface area contributed by atoms with Gasteiger partial charge in [-0.25, -0.2) is 4.39 Å². The average Bonchev–Trinajstić information content (AvgIpc) is 2.41. The molecule has 0 saturated carbocycles. The highest BCUT2D eigenvalue weighted by molar-refractivity contribution is 5.94. The van der Waals surface area contributed by atoms with Crippen LogP contribution in [0.3, 0.4) is 0 Å². The first-order chi connectivity index (χ1) is 8.25. The number of rotatable bonds is 3. The van der Waals surface area contributed by atoms with Crippen molar-refractivity contribution in [2.24, 2.45) is 0 Å². The van der Waals surface area contributed by atoms with Crippen molar-refractivity contribution in [2.45, 2.75) is 41.0 Å². The number of hydrogen-bond acceptors (Lipinski definition) is 1. The van der Waals surface area contributed by atoms with Gasteiger partial charge in [-0.2, -0.15) is 0 Å². The Labute approximate surface area is 104 Å². The van der Waals surface area contributed by atoms with E-state index in [1.165, 1.54) is 12.1 Å². The van der Waals surface area contributed by atoms with Crippen molar-refractivity contribution < 1.29 is 9.18 Å². The van der Waals surface area contributed by atoms with Gasteiger partial charge in [0, 0.05) is 6.54 Å². The van der Waals surface area contributed by atoms with Crippen molar-refractivity contribution >= 4 is 5.91 Å². The molecule has 0 aromatic heterocycles. The van der Waals surface area contributed by atoms with Crippen LogP contribution in [0.4, 0.5) is 4.39 Å². The Bertz CT molecular complexity index is 300. The molecule has 1 rings (SSSR count). The fourth-order valence-electron chi connectivity index (χ4n) is 0.979. The van der Waals surface area contributed by atoms with E-state index in [0.717, 1.165) is 6.42 Å². The second-order valence-electron chi connectivity index (χ2n) is 2.74. The van der Waals surface area contributed by atoms with Crippen molar-refractivity contribution in [2.75, 3.05) is 6.54 Å². The van der Waals surface area contributed by atoms with Gasteiger partial charge in [-0.15, -0.1) is 0 Å². The molecule has 98 valence electrons. The molecule has 0 aliphatic carbocycles. The molecule has 0 atom stereocenters. The fourth-order valence-corrected chi connectivity index (χ4v) is 0.979. The number of halogens is 1. The molecule has 3 heteroatoms. The first-order valence-corrected chi connectivity index (χ1v) is 6.28. The number of amides is 1. The van der Waals surface area contributed by atoms with Gasteiger partial charge in [0.25, 0.3) is 5.91 Å². The van der Waals surface area contributed by atoms with Gasteiger partial charge in [-0.05, 0) is 18.6 Å². The van der Waals surface area contributed by atoms with E-state index in [-0.39, 0.29) is 11.5 Å². The van der Waals surface area contributed by atoms with Crippen LogP contribution in [-0.4, -0.2) is 12.5 Å². The Morgan fingerprint density at radius 2 is 1.71 bits per heavy atom. The van der Waals surface area contributed by atoms with Crippen molar-refractivity contribution in [3.63, 3.8) is 0 Å².